The summed E-state index contributed by atoms with van der Waals surface area (Å²) in [5, 5.41) is 2.60. The van der Waals surface area contributed by atoms with E-state index in [0.717, 1.165) is 17.7 Å². The lowest BCUT2D eigenvalue weighted by Gasteiger charge is -2.21. The normalized spacial score (nSPS) is 14.1. The molecule has 2 nitrogen and oxygen atoms in total. The fraction of sp³-hybridized carbons (Fsp3) is 0.104. The summed E-state index contributed by atoms with van der Waals surface area (Å²) in [5.41, 5.74) is 19.1. The van der Waals surface area contributed by atoms with Gasteiger partial charge in [-0.15, -0.1) is 0 Å². The molecule has 238 valence electrons. The Hall–Kier alpha value is -5.99. The van der Waals surface area contributed by atoms with Gasteiger partial charge in [0.05, 0.1) is 23.3 Å². The van der Waals surface area contributed by atoms with E-state index in [1.807, 2.05) is 0 Å². The lowest BCUT2D eigenvalue weighted by Crippen LogP contribution is -2.14. The van der Waals surface area contributed by atoms with Crippen molar-refractivity contribution in [2.45, 2.75) is 32.2 Å². The van der Waals surface area contributed by atoms with E-state index in [2.05, 4.69) is 176 Å². The van der Waals surface area contributed by atoms with E-state index >= 15 is 0 Å². The maximum Gasteiger partial charge on any atom is 0.0723 e. The molecule has 0 amide bonds. The molecule has 2 heteroatoms. The van der Waals surface area contributed by atoms with Crippen molar-refractivity contribution >= 4 is 27.5 Å². The molecule has 0 unspecified atom stereocenters. The largest absolute Gasteiger partial charge is 0.309 e. The predicted octanol–water partition coefficient (Wildman–Crippen LogP) is 11.7. The first kappa shape index (κ1) is 29.0. The molecule has 2 aliphatic carbocycles. The molecule has 1 aromatic heterocycles. The second-order valence-corrected chi connectivity index (χ2v) is 14.3. The van der Waals surface area contributed by atoms with Crippen LogP contribution in [0.25, 0.3) is 49.7 Å². The molecule has 0 atom stereocenters. The summed E-state index contributed by atoms with van der Waals surface area (Å²) in [6, 6.07) is 57.9. The van der Waals surface area contributed by atoms with Crippen LogP contribution in [0.5, 0.6) is 0 Å². The van der Waals surface area contributed by atoms with Crippen molar-refractivity contribution in [2.75, 3.05) is 0 Å². The van der Waals surface area contributed by atoms with E-state index < -0.39 is 0 Å². The van der Waals surface area contributed by atoms with Crippen molar-refractivity contribution in [3.05, 3.63) is 197 Å². The van der Waals surface area contributed by atoms with Crippen molar-refractivity contribution in [2.24, 2.45) is 4.99 Å². The molecule has 2 aliphatic rings. The molecule has 0 radical (unpaired) electrons. The number of hydrogen-bond donors (Lipinski definition) is 0. The van der Waals surface area contributed by atoms with Gasteiger partial charge in [-0.1, -0.05) is 135 Å². The predicted molar refractivity (Wildman–Crippen MR) is 209 cm³/mol. The van der Waals surface area contributed by atoms with Crippen LogP contribution in [0.2, 0.25) is 0 Å². The first-order chi connectivity index (χ1) is 24.5. The van der Waals surface area contributed by atoms with Gasteiger partial charge in [0.1, 0.15) is 0 Å². The van der Waals surface area contributed by atoms with Gasteiger partial charge >= 0.3 is 0 Å². The van der Waals surface area contributed by atoms with Gasteiger partial charge in [0.15, 0.2) is 0 Å². The second kappa shape index (κ2) is 11.0. The number of rotatable bonds is 5. The third kappa shape index (κ3) is 4.38. The Morgan fingerprint density at radius 1 is 0.540 bits per heavy atom. The van der Waals surface area contributed by atoms with Crippen LogP contribution in [-0.2, 0) is 18.4 Å². The average molecular weight is 641 g/mol. The molecule has 0 fully saturated rings. The Balaban J connectivity index is 1.09. The van der Waals surface area contributed by atoms with E-state index in [0.29, 0.717) is 6.54 Å². The van der Waals surface area contributed by atoms with Gasteiger partial charge in [0.25, 0.3) is 0 Å². The number of fused-ring (bicyclic) bond motifs is 9. The van der Waals surface area contributed by atoms with Crippen molar-refractivity contribution < 1.29 is 0 Å². The van der Waals surface area contributed by atoms with Crippen LogP contribution in [0.4, 0.5) is 0 Å². The molecular formula is C48H36N2. The zero-order valence-corrected chi connectivity index (χ0v) is 28.3. The highest BCUT2D eigenvalue weighted by molar-refractivity contribution is 6.14. The molecule has 8 aromatic rings. The molecular weight excluding hydrogens is 605 g/mol. The number of aliphatic imine (C=N–C) groups is 1. The smallest absolute Gasteiger partial charge is 0.0723 e. The number of benzene rings is 7. The minimum absolute atomic E-state index is 0.0566. The van der Waals surface area contributed by atoms with Gasteiger partial charge < -0.3 is 4.57 Å². The van der Waals surface area contributed by atoms with E-state index in [1.54, 1.807) is 0 Å². The van der Waals surface area contributed by atoms with Crippen molar-refractivity contribution in [1.29, 1.82) is 0 Å². The maximum atomic E-state index is 5.18. The first-order valence-corrected chi connectivity index (χ1v) is 17.6. The Bertz CT molecular complexity index is 2660. The third-order valence-corrected chi connectivity index (χ3v) is 11.1. The molecule has 0 N–H and O–H groups in total. The van der Waals surface area contributed by atoms with E-state index in [4.69, 9.17) is 4.99 Å². The zero-order chi connectivity index (χ0) is 33.4. The highest BCUT2D eigenvalue weighted by atomic mass is 15.0. The lowest BCUT2D eigenvalue weighted by atomic mass is 9.82. The van der Waals surface area contributed by atoms with Crippen molar-refractivity contribution in [3.63, 3.8) is 0 Å². The van der Waals surface area contributed by atoms with Crippen LogP contribution in [0.1, 0.15) is 52.8 Å². The average Bonchev–Trinajstić information content (AvgIpc) is 3.76. The molecule has 50 heavy (non-hydrogen) atoms. The molecule has 10 rings (SSSR count). The third-order valence-electron chi connectivity index (χ3n) is 11.1. The summed E-state index contributed by atoms with van der Waals surface area (Å²) in [7, 11) is 0. The second-order valence-electron chi connectivity index (χ2n) is 14.3. The lowest BCUT2D eigenvalue weighted by molar-refractivity contribution is 0.661. The van der Waals surface area contributed by atoms with Crippen LogP contribution in [0.3, 0.4) is 0 Å². The van der Waals surface area contributed by atoms with E-state index in [-0.39, 0.29) is 5.41 Å². The Morgan fingerprint density at radius 2 is 1.30 bits per heavy atom. The van der Waals surface area contributed by atoms with Crippen LogP contribution < -0.4 is 0 Å². The van der Waals surface area contributed by atoms with Crippen molar-refractivity contribution in [1.82, 2.24) is 4.57 Å². The van der Waals surface area contributed by atoms with Gasteiger partial charge in [0, 0.05) is 33.0 Å². The van der Waals surface area contributed by atoms with Crippen molar-refractivity contribution in [3.8, 4) is 27.9 Å². The van der Waals surface area contributed by atoms with Gasteiger partial charge in [-0.3, -0.25) is 4.99 Å². The fourth-order valence-corrected chi connectivity index (χ4v) is 8.60. The van der Waals surface area contributed by atoms with Gasteiger partial charge in [0.2, 0.25) is 0 Å². The molecule has 0 bridgehead atoms. The standard InChI is InChI=1S/C48H36N2/c1-48(2)43-19-11-9-17-38(43)41-28-42-39-18-10-12-20-45(39)50(46(42)29-44(41)48)36-23-21-33-25-35-26-34(22-24-37(35)40(33)27-36)47(32-15-7-4-8-16-32)49-30-31-13-5-3-6-14-31/h3-24,26-29H,25,30H2,1-2H3. The number of aromatic nitrogens is 1. The summed E-state index contributed by atoms with van der Waals surface area (Å²) < 4.78 is 2.49. The van der Waals surface area contributed by atoms with Gasteiger partial charge in [-0.2, -0.15) is 0 Å². The monoisotopic (exact) mass is 640 g/mol. The molecule has 0 spiro atoms. The minimum atomic E-state index is -0.0566. The highest BCUT2D eigenvalue weighted by Gasteiger charge is 2.36. The van der Waals surface area contributed by atoms with E-state index in [1.165, 1.54) is 83.1 Å². The van der Waals surface area contributed by atoms with Gasteiger partial charge in [-0.05, 0) is 92.9 Å². The quantitative estimate of drug-likeness (QED) is 0.167. The zero-order valence-electron chi connectivity index (χ0n) is 28.3. The fourth-order valence-electron chi connectivity index (χ4n) is 8.60. The SMILES string of the molecule is CC1(C)c2ccccc2-c2cc3c4ccccc4n(-c4ccc5c(c4)-c4ccc(C(=NCc6ccccc6)c6ccccc6)cc4C5)c3cc21. The van der Waals surface area contributed by atoms with E-state index in [9.17, 15) is 0 Å². The minimum Gasteiger partial charge on any atom is -0.309 e. The van der Waals surface area contributed by atoms with Crippen LogP contribution >= 0.6 is 0 Å². The first-order valence-electron chi connectivity index (χ1n) is 17.6. The topological polar surface area (TPSA) is 17.3 Å². The van der Waals surface area contributed by atoms with Crippen LogP contribution in [0.15, 0.2) is 163 Å². The maximum absolute atomic E-state index is 5.18. The summed E-state index contributed by atoms with van der Waals surface area (Å²) in [5.74, 6) is 0. The molecule has 0 aliphatic heterocycles. The van der Waals surface area contributed by atoms with Gasteiger partial charge in [-0.25, -0.2) is 0 Å². The Morgan fingerprint density at radius 3 is 2.16 bits per heavy atom. The van der Waals surface area contributed by atoms with Crippen LogP contribution in [0, 0.1) is 0 Å². The highest BCUT2D eigenvalue weighted by Crippen LogP contribution is 2.51. The van der Waals surface area contributed by atoms with Crippen LogP contribution in [-0.4, -0.2) is 10.3 Å². The number of nitrogens with zero attached hydrogens (tertiary/aromatic N) is 2. The Labute approximate surface area is 293 Å². The molecule has 0 saturated carbocycles. The molecule has 0 saturated heterocycles. The summed E-state index contributed by atoms with van der Waals surface area (Å²) in [4.78, 5) is 5.18. The number of hydrogen-bond acceptors (Lipinski definition) is 1. The Kier molecular flexibility index (Phi) is 6.38. The summed E-state index contributed by atoms with van der Waals surface area (Å²) in [6.07, 6.45) is 0.923. The summed E-state index contributed by atoms with van der Waals surface area (Å²) in [6.45, 7) is 5.39. The summed E-state index contributed by atoms with van der Waals surface area (Å²) >= 11 is 0. The number of para-hydroxylation sites is 1. The molecule has 1 heterocycles. The molecule has 7 aromatic carbocycles.